The molecule has 5 nitrogen and oxygen atoms in total. The summed E-state index contributed by atoms with van der Waals surface area (Å²) in [4.78, 5) is 23.9. The smallest absolute Gasteiger partial charge is 0.396 e. The van der Waals surface area contributed by atoms with Crippen LogP contribution in [0.3, 0.4) is 0 Å². The van der Waals surface area contributed by atoms with Crippen LogP contribution in [0.5, 0.6) is 11.5 Å². The Morgan fingerprint density at radius 1 is 1.03 bits per heavy atom. The fourth-order valence-corrected chi connectivity index (χ4v) is 3.65. The fourth-order valence-electron chi connectivity index (χ4n) is 2.92. The van der Waals surface area contributed by atoms with Gasteiger partial charge in [-0.3, -0.25) is 0 Å². The van der Waals surface area contributed by atoms with Gasteiger partial charge in [0.05, 0.1) is 4.70 Å². The van der Waals surface area contributed by atoms with Crippen molar-refractivity contribution in [2.45, 2.75) is 20.0 Å². The van der Waals surface area contributed by atoms with Crippen LogP contribution in [0.15, 0.2) is 69.9 Å². The molecule has 1 atom stereocenters. The Bertz CT molecular complexity index is 1260. The van der Waals surface area contributed by atoms with Crippen molar-refractivity contribution in [2.75, 3.05) is 0 Å². The Labute approximate surface area is 175 Å². The first-order valence-electron chi connectivity index (χ1n) is 9.18. The zero-order chi connectivity index (χ0) is 21.3. The highest BCUT2D eigenvalue weighted by Crippen LogP contribution is 2.34. The Balaban J connectivity index is 1.62. The normalized spacial score (nSPS) is 12.0. The van der Waals surface area contributed by atoms with E-state index < -0.39 is 22.8 Å². The summed E-state index contributed by atoms with van der Waals surface area (Å²) in [5.41, 5.74) is 3.03. The number of ether oxygens (including phenoxy) is 2. The van der Waals surface area contributed by atoms with Gasteiger partial charge in [0.25, 0.3) is 0 Å². The number of carbonyl (C=O) groups is 1. The van der Waals surface area contributed by atoms with E-state index in [0.29, 0.717) is 21.6 Å². The van der Waals surface area contributed by atoms with Gasteiger partial charge in [-0.1, -0.05) is 41.2 Å². The first-order chi connectivity index (χ1) is 14.4. The number of benzene rings is 3. The molecule has 0 aliphatic heterocycles. The minimum atomic E-state index is -0.919. The van der Waals surface area contributed by atoms with Crippen LogP contribution < -0.4 is 14.4 Å². The Morgan fingerprint density at radius 3 is 2.43 bits per heavy atom. The molecule has 0 unspecified atom stereocenters. The molecular weight excluding hydrogens is 407 g/mol. The van der Waals surface area contributed by atoms with Gasteiger partial charge in [0.15, 0.2) is 11.7 Å². The van der Waals surface area contributed by atoms with Crippen molar-refractivity contribution >= 4 is 27.6 Å². The SMILES string of the molecule is Cc1ccc(-c2cc(OC(=O)[C@@H](C)Oc3ccc(F)cc3)cc3sc(=O)oc23)cc1. The van der Waals surface area contributed by atoms with E-state index in [0.717, 1.165) is 22.5 Å². The largest absolute Gasteiger partial charge is 0.479 e. The summed E-state index contributed by atoms with van der Waals surface area (Å²) in [7, 11) is 0. The van der Waals surface area contributed by atoms with Crippen LogP contribution in [-0.2, 0) is 4.79 Å². The zero-order valence-electron chi connectivity index (χ0n) is 16.2. The zero-order valence-corrected chi connectivity index (χ0v) is 17.0. The highest BCUT2D eigenvalue weighted by atomic mass is 32.1. The number of hydrogen-bond acceptors (Lipinski definition) is 6. The van der Waals surface area contributed by atoms with Crippen molar-refractivity contribution in [1.82, 2.24) is 0 Å². The third kappa shape index (κ3) is 4.26. The molecule has 0 fully saturated rings. The predicted octanol–water partition coefficient (Wildman–Crippen LogP) is 5.34. The molecule has 0 amide bonds. The minimum Gasteiger partial charge on any atom is -0.479 e. The Morgan fingerprint density at radius 2 is 1.73 bits per heavy atom. The van der Waals surface area contributed by atoms with E-state index in [1.54, 1.807) is 19.1 Å². The molecule has 30 heavy (non-hydrogen) atoms. The highest BCUT2D eigenvalue weighted by Gasteiger charge is 2.20. The van der Waals surface area contributed by atoms with Gasteiger partial charge in [-0.2, -0.15) is 0 Å². The number of hydrogen-bond donors (Lipinski definition) is 0. The van der Waals surface area contributed by atoms with E-state index in [1.165, 1.54) is 24.3 Å². The second kappa shape index (κ2) is 8.12. The van der Waals surface area contributed by atoms with Crippen molar-refractivity contribution in [3.8, 4) is 22.6 Å². The molecular formula is C23H17FO5S. The molecule has 0 radical (unpaired) electrons. The topological polar surface area (TPSA) is 65.7 Å². The van der Waals surface area contributed by atoms with Crippen molar-refractivity contribution in [3.05, 3.63) is 81.8 Å². The summed E-state index contributed by atoms with van der Waals surface area (Å²) >= 11 is 0.937. The molecule has 0 saturated heterocycles. The van der Waals surface area contributed by atoms with E-state index in [4.69, 9.17) is 13.9 Å². The van der Waals surface area contributed by atoms with Crippen LogP contribution in [0.2, 0.25) is 0 Å². The molecule has 0 spiro atoms. The lowest BCUT2D eigenvalue weighted by Crippen LogP contribution is -2.28. The van der Waals surface area contributed by atoms with Gasteiger partial charge in [-0.05, 0) is 49.7 Å². The molecule has 152 valence electrons. The molecule has 0 aliphatic rings. The van der Waals surface area contributed by atoms with E-state index in [-0.39, 0.29) is 5.75 Å². The molecule has 0 aliphatic carbocycles. The number of esters is 1. The summed E-state index contributed by atoms with van der Waals surface area (Å²) in [5.74, 6) is -0.391. The fraction of sp³-hybridized carbons (Fsp3) is 0.130. The minimum absolute atomic E-state index is 0.273. The highest BCUT2D eigenvalue weighted by molar-refractivity contribution is 7.16. The van der Waals surface area contributed by atoms with Gasteiger partial charge in [0.1, 0.15) is 17.3 Å². The molecule has 0 saturated carbocycles. The van der Waals surface area contributed by atoms with Crippen LogP contribution in [-0.4, -0.2) is 12.1 Å². The molecule has 1 aromatic heterocycles. The maximum absolute atomic E-state index is 13.0. The summed E-state index contributed by atoms with van der Waals surface area (Å²) in [6, 6.07) is 16.3. The maximum Gasteiger partial charge on any atom is 0.396 e. The van der Waals surface area contributed by atoms with E-state index in [9.17, 15) is 14.0 Å². The number of aryl methyl sites for hydroxylation is 1. The molecule has 3 aromatic carbocycles. The van der Waals surface area contributed by atoms with Crippen LogP contribution in [0.1, 0.15) is 12.5 Å². The number of rotatable bonds is 5. The van der Waals surface area contributed by atoms with E-state index >= 15 is 0 Å². The van der Waals surface area contributed by atoms with Crippen LogP contribution >= 0.6 is 11.3 Å². The lowest BCUT2D eigenvalue weighted by Gasteiger charge is -2.14. The first kappa shape index (κ1) is 19.8. The van der Waals surface area contributed by atoms with Gasteiger partial charge >= 0.3 is 10.9 Å². The quantitative estimate of drug-likeness (QED) is 0.320. The van der Waals surface area contributed by atoms with Crippen molar-refractivity contribution in [2.24, 2.45) is 0 Å². The van der Waals surface area contributed by atoms with Crippen LogP contribution in [0.25, 0.3) is 21.4 Å². The number of carbonyl (C=O) groups excluding carboxylic acids is 1. The van der Waals surface area contributed by atoms with Crippen molar-refractivity contribution in [3.63, 3.8) is 0 Å². The maximum atomic E-state index is 13.0. The molecule has 0 N–H and O–H groups in total. The predicted molar refractivity (Wildman–Crippen MR) is 113 cm³/mol. The van der Waals surface area contributed by atoms with Crippen molar-refractivity contribution < 1.29 is 23.1 Å². The number of fused-ring (bicyclic) bond motifs is 1. The van der Waals surface area contributed by atoms with Gasteiger partial charge < -0.3 is 13.9 Å². The summed E-state index contributed by atoms with van der Waals surface area (Å²) in [6.07, 6.45) is -0.919. The Hall–Kier alpha value is -3.45. The van der Waals surface area contributed by atoms with Gasteiger partial charge in [0, 0.05) is 11.6 Å². The molecule has 7 heteroatoms. The van der Waals surface area contributed by atoms with Crippen LogP contribution in [0, 0.1) is 12.7 Å². The van der Waals surface area contributed by atoms with Crippen molar-refractivity contribution in [1.29, 1.82) is 0 Å². The average molecular weight is 424 g/mol. The third-order valence-corrected chi connectivity index (χ3v) is 5.22. The monoisotopic (exact) mass is 424 g/mol. The van der Waals surface area contributed by atoms with E-state index in [2.05, 4.69) is 0 Å². The van der Waals surface area contributed by atoms with E-state index in [1.807, 2.05) is 31.2 Å². The second-order valence-corrected chi connectivity index (χ2v) is 7.73. The lowest BCUT2D eigenvalue weighted by molar-refractivity contribution is -0.141. The number of halogens is 1. The van der Waals surface area contributed by atoms with Crippen LogP contribution in [0.4, 0.5) is 4.39 Å². The standard InChI is InChI=1S/C23H17FO5S/c1-13-3-5-15(6-4-13)19-11-18(12-20-21(19)29-23(26)30-20)28-22(25)14(2)27-17-9-7-16(24)8-10-17/h3-12,14H,1-2H3/t14-/m1/s1. The molecule has 4 aromatic rings. The lowest BCUT2D eigenvalue weighted by atomic mass is 10.0. The molecule has 0 bridgehead atoms. The Kier molecular flexibility index (Phi) is 5.37. The molecule has 4 rings (SSSR count). The average Bonchev–Trinajstić information content (AvgIpc) is 3.09. The summed E-state index contributed by atoms with van der Waals surface area (Å²) < 4.78 is 30.0. The summed E-state index contributed by atoms with van der Waals surface area (Å²) in [6.45, 7) is 3.52. The summed E-state index contributed by atoms with van der Waals surface area (Å²) in [5, 5.41) is 0. The second-order valence-electron chi connectivity index (χ2n) is 6.75. The van der Waals surface area contributed by atoms with Gasteiger partial charge in [-0.15, -0.1) is 0 Å². The third-order valence-electron chi connectivity index (χ3n) is 4.45. The van der Waals surface area contributed by atoms with Gasteiger partial charge in [0.2, 0.25) is 0 Å². The molecule has 1 heterocycles. The van der Waals surface area contributed by atoms with Gasteiger partial charge in [-0.25, -0.2) is 14.0 Å². The first-order valence-corrected chi connectivity index (χ1v) is 9.99.